The lowest BCUT2D eigenvalue weighted by atomic mass is 10.1. The molecule has 5 heteroatoms. The Bertz CT molecular complexity index is 364. The molecule has 1 aromatic rings. The summed E-state index contributed by atoms with van der Waals surface area (Å²) in [5.41, 5.74) is -0.177. The number of imidazole rings is 1. The van der Waals surface area contributed by atoms with Gasteiger partial charge in [-0.1, -0.05) is 0 Å². The van der Waals surface area contributed by atoms with Crippen LogP contribution in [0.4, 0.5) is 5.95 Å². The third-order valence-electron chi connectivity index (χ3n) is 2.73. The maximum absolute atomic E-state index is 5.90. The number of halogens is 1. The van der Waals surface area contributed by atoms with E-state index in [-0.39, 0.29) is 11.7 Å². The van der Waals surface area contributed by atoms with E-state index in [0.29, 0.717) is 5.88 Å². The largest absolute Gasteiger partial charge is 0.367 e. The Morgan fingerprint density at radius 1 is 1.62 bits per heavy atom. The summed E-state index contributed by atoms with van der Waals surface area (Å²) in [6.45, 7) is 5.81. The third-order valence-corrected chi connectivity index (χ3v) is 3.08. The standard InChI is InChI=1S/C11H18ClN3O/c1-11(2)8-15(7-9(6-12)16-11)10-13-4-5-14(10)3/h4-5,9H,6-8H2,1-3H3. The summed E-state index contributed by atoms with van der Waals surface area (Å²) in [5, 5.41) is 0. The van der Waals surface area contributed by atoms with Gasteiger partial charge in [0.05, 0.1) is 17.6 Å². The van der Waals surface area contributed by atoms with Gasteiger partial charge in [0.15, 0.2) is 0 Å². The van der Waals surface area contributed by atoms with Crippen LogP contribution in [0.1, 0.15) is 13.8 Å². The number of hydrogen-bond donors (Lipinski definition) is 0. The van der Waals surface area contributed by atoms with Gasteiger partial charge in [-0.25, -0.2) is 4.98 Å². The number of anilines is 1. The van der Waals surface area contributed by atoms with Gasteiger partial charge in [-0.15, -0.1) is 11.6 Å². The van der Waals surface area contributed by atoms with Gasteiger partial charge < -0.3 is 14.2 Å². The Morgan fingerprint density at radius 3 is 2.94 bits per heavy atom. The molecule has 1 aliphatic heterocycles. The summed E-state index contributed by atoms with van der Waals surface area (Å²) in [6.07, 6.45) is 3.84. The molecule has 1 unspecified atom stereocenters. The van der Waals surface area contributed by atoms with Crippen LogP contribution in [0.2, 0.25) is 0 Å². The first-order valence-corrected chi connectivity index (χ1v) is 6.01. The van der Waals surface area contributed by atoms with Gasteiger partial charge in [0.25, 0.3) is 0 Å². The molecule has 1 saturated heterocycles. The quantitative estimate of drug-likeness (QED) is 0.740. The van der Waals surface area contributed by atoms with Crippen LogP contribution >= 0.6 is 11.6 Å². The second-order valence-corrected chi connectivity index (χ2v) is 5.18. The molecule has 0 saturated carbocycles. The smallest absolute Gasteiger partial charge is 0.205 e. The molecule has 0 N–H and O–H groups in total. The van der Waals surface area contributed by atoms with Crippen LogP contribution in [0.3, 0.4) is 0 Å². The van der Waals surface area contributed by atoms with Crippen molar-refractivity contribution < 1.29 is 4.74 Å². The minimum Gasteiger partial charge on any atom is -0.367 e. The van der Waals surface area contributed by atoms with E-state index in [1.54, 1.807) is 0 Å². The third kappa shape index (κ3) is 2.33. The van der Waals surface area contributed by atoms with Crippen molar-refractivity contribution in [3.8, 4) is 0 Å². The molecule has 4 nitrogen and oxygen atoms in total. The van der Waals surface area contributed by atoms with E-state index in [9.17, 15) is 0 Å². The molecule has 0 spiro atoms. The van der Waals surface area contributed by atoms with E-state index >= 15 is 0 Å². The lowest BCUT2D eigenvalue weighted by Gasteiger charge is -2.42. The van der Waals surface area contributed by atoms with Crippen molar-refractivity contribution in [1.82, 2.24) is 9.55 Å². The molecule has 1 aliphatic rings. The van der Waals surface area contributed by atoms with Crippen molar-refractivity contribution in [2.45, 2.75) is 25.6 Å². The number of nitrogens with zero attached hydrogens (tertiary/aromatic N) is 3. The maximum Gasteiger partial charge on any atom is 0.205 e. The highest BCUT2D eigenvalue weighted by Crippen LogP contribution is 2.25. The molecule has 16 heavy (non-hydrogen) atoms. The number of rotatable bonds is 2. The van der Waals surface area contributed by atoms with Crippen molar-refractivity contribution in [2.75, 3.05) is 23.9 Å². The maximum atomic E-state index is 5.90. The average Bonchev–Trinajstić information content (AvgIpc) is 2.62. The molecule has 0 bridgehead atoms. The molecule has 0 amide bonds. The molecule has 2 rings (SSSR count). The molecule has 1 aromatic heterocycles. The molecule has 0 aromatic carbocycles. The predicted octanol–water partition coefficient (Wildman–Crippen LogP) is 1.64. The SMILES string of the molecule is Cn1ccnc1N1CC(CCl)OC(C)(C)C1. The van der Waals surface area contributed by atoms with Gasteiger partial charge >= 0.3 is 0 Å². The Kier molecular flexibility index (Phi) is 3.13. The molecular formula is C11H18ClN3O. The minimum atomic E-state index is -0.177. The van der Waals surface area contributed by atoms with Gasteiger partial charge in [0.2, 0.25) is 5.95 Å². The average molecular weight is 244 g/mol. The lowest BCUT2D eigenvalue weighted by Crippen LogP contribution is -2.54. The van der Waals surface area contributed by atoms with Crippen LogP contribution in [0, 0.1) is 0 Å². The van der Waals surface area contributed by atoms with Crippen molar-refractivity contribution in [3.63, 3.8) is 0 Å². The lowest BCUT2D eigenvalue weighted by molar-refractivity contribution is -0.0739. The molecular weight excluding hydrogens is 226 g/mol. The molecule has 1 fully saturated rings. The zero-order chi connectivity index (χ0) is 11.8. The highest BCUT2D eigenvalue weighted by Gasteiger charge is 2.34. The fourth-order valence-electron chi connectivity index (χ4n) is 2.19. The predicted molar refractivity (Wildman–Crippen MR) is 65.1 cm³/mol. The molecule has 90 valence electrons. The number of alkyl halides is 1. The van der Waals surface area contributed by atoms with Crippen LogP contribution in [-0.2, 0) is 11.8 Å². The number of hydrogen-bond acceptors (Lipinski definition) is 3. The van der Waals surface area contributed by atoms with Crippen molar-refractivity contribution in [2.24, 2.45) is 7.05 Å². The van der Waals surface area contributed by atoms with Gasteiger partial charge in [-0.05, 0) is 13.8 Å². The zero-order valence-corrected chi connectivity index (χ0v) is 10.7. The Hall–Kier alpha value is -0.740. The zero-order valence-electron chi connectivity index (χ0n) is 9.98. The minimum absolute atomic E-state index is 0.0714. The van der Waals surface area contributed by atoms with E-state index in [4.69, 9.17) is 16.3 Å². The molecule has 2 heterocycles. The van der Waals surface area contributed by atoms with E-state index in [1.807, 2.05) is 24.0 Å². The second-order valence-electron chi connectivity index (χ2n) is 4.87. The number of aryl methyl sites for hydroxylation is 1. The first-order valence-electron chi connectivity index (χ1n) is 5.48. The summed E-state index contributed by atoms with van der Waals surface area (Å²) in [7, 11) is 2.00. The molecule has 0 aliphatic carbocycles. The van der Waals surface area contributed by atoms with Crippen LogP contribution in [-0.4, -0.2) is 40.2 Å². The van der Waals surface area contributed by atoms with Crippen molar-refractivity contribution in [1.29, 1.82) is 0 Å². The summed E-state index contributed by atoms with van der Waals surface area (Å²) >= 11 is 5.90. The van der Waals surface area contributed by atoms with Crippen LogP contribution in [0.15, 0.2) is 12.4 Å². The Morgan fingerprint density at radius 2 is 2.38 bits per heavy atom. The normalized spacial score (nSPS) is 24.8. The first-order chi connectivity index (χ1) is 7.52. The summed E-state index contributed by atoms with van der Waals surface area (Å²) in [5.74, 6) is 1.50. The van der Waals surface area contributed by atoms with Crippen LogP contribution < -0.4 is 4.90 Å². The monoisotopic (exact) mass is 243 g/mol. The fourth-order valence-corrected chi connectivity index (χ4v) is 2.35. The summed E-state index contributed by atoms with van der Waals surface area (Å²) in [4.78, 5) is 6.60. The number of aromatic nitrogens is 2. The van der Waals surface area contributed by atoms with Gasteiger partial charge in [-0.2, -0.15) is 0 Å². The van der Waals surface area contributed by atoms with Gasteiger partial charge in [0, 0.05) is 32.5 Å². The topological polar surface area (TPSA) is 30.3 Å². The second kappa shape index (κ2) is 4.26. The van der Waals surface area contributed by atoms with E-state index in [0.717, 1.165) is 19.0 Å². The molecule has 0 radical (unpaired) electrons. The Labute approximate surface area is 101 Å². The number of morpholine rings is 1. The number of ether oxygens (including phenoxy) is 1. The molecule has 1 atom stereocenters. The van der Waals surface area contributed by atoms with Crippen LogP contribution in [0.25, 0.3) is 0 Å². The van der Waals surface area contributed by atoms with E-state index in [1.165, 1.54) is 0 Å². The van der Waals surface area contributed by atoms with E-state index < -0.39 is 0 Å². The summed E-state index contributed by atoms with van der Waals surface area (Å²) in [6, 6.07) is 0. The van der Waals surface area contributed by atoms with Crippen LogP contribution in [0.5, 0.6) is 0 Å². The highest BCUT2D eigenvalue weighted by atomic mass is 35.5. The van der Waals surface area contributed by atoms with Crippen molar-refractivity contribution in [3.05, 3.63) is 12.4 Å². The van der Waals surface area contributed by atoms with E-state index in [2.05, 4.69) is 23.7 Å². The first kappa shape index (κ1) is 11.7. The summed E-state index contributed by atoms with van der Waals surface area (Å²) < 4.78 is 7.90. The fraction of sp³-hybridized carbons (Fsp3) is 0.727. The van der Waals surface area contributed by atoms with Crippen molar-refractivity contribution >= 4 is 17.5 Å². The van der Waals surface area contributed by atoms with Gasteiger partial charge in [-0.3, -0.25) is 0 Å². The highest BCUT2D eigenvalue weighted by molar-refractivity contribution is 6.18. The Balaban J connectivity index is 2.19. The van der Waals surface area contributed by atoms with Gasteiger partial charge in [0.1, 0.15) is 0 Å².